The van der Waals surface area contributed by atoms with Crippen molar-refractivity contribution in [2.75, 3.05) is 5.32 Å². The lowest BCUT2D eigenvalue weighted by atomic mass is 10.2. The number of nitrogens with one attached hydrogen (secondary N) is 2. The molecule has 0 atom stereocenters. The number of thioether (sulfide) groups is 1. The summed E-state index contributed by atoms with van der Waals surface area (Å²) in [6, 6.07) is 7.14. The van der Waals surface area contributed by atoms with Crippen molar-refractivity contribution in [3.8, 4) is 0 Å². The first-order valence-electron chi connectivity index (χ1n) is 6.17. The predicted octanol–water partition coefficient (Wildman–Crippen LogP) is 4.48. The molecule has 19 heavy (non-hydrogen) atoms. The van der Waals surface area contributed by atoms with E-state index in [0.717, 1.165) is 18.5 Å². The summed E-state index contributed by atoms with van der Waals surface area (Å²) in [6.07, 6.45) is 2.00. The fraction of sp³-hybridized carbons (Fsp3) is 0.462. The molecule has 2 nitrogen and oxygen atoms in total. The zero-order chi connectivity index (χ0) is 14.3. The summed E-state index contributed by atoms with van der Waals surface area (Å²) in [5.41, 5.74) is 0.794. The molecule has 0 spiro atoms. The number of alkyl halides is 2. The first-order valence-corrected chi connectivity index (χ1v) is 7.46. The molecular weight excluding hydrogens is 286 g/mol. The van der Waals surface area contributed by atoms with Crippen molar-refractivity contribution in [1.29, 1.82) is 0 Å². The Morgan fingerprint density at radius 3 is 2.26 bits per heavy atom. The van der Waals surface area contributed by atoms with E-state index in [-0.39, 0.29) is 0 Å². The largest absolute Gasteiger partial charge is 0.360 e. The molecule has 1 rings (SSSR count). The highest BCUT2D eigenvalue weighted by Crippen LogP contribution is 2.26. The Kier molecular flexibility index (Phi) is 7.09. The van der Waals surface area contributed by atoms with Gasteiger partial charge in [-0.2, -0.15) is 8.78 Å². The molecule has 1 aromatic rings. The van der Waals surface area contributed by atoms with Crippen molar-refractivity contribution < 1.29 is 8.78 Å². The van der Waals surface area contributed by atoms with Gasteiger partial charge in [0, 0.05) is 16.6 Å². The Balaban J connectivity index is 2.50. The van der Waals surface area contributed by atoms with Gasteiger partial charge in [0.1, 0.15) is 0 Å². The van der Waals surface area contributed by atoms with Crippen LogP contribution in [0.2, 0.25) is 0 Å². The molecule has 0 amide bonds. The number of hydrogen-bond acceptors (Lipinski definition) is 2. The van der Waals surface area contributed by atoms with Crippen molar-refractivity contribution in [3.63, 3.8) is 0 Å². The maximum absolute atomic E-state index is 12.2. The van der Waals surface area contributed by atoms with Crippen molar-refractivity contribution in [3.05, 3.63) is 24.3 Å². The van der Waals surface area contributed by atoms with Crippen molar-refractivity contribution in [1.82, 2.24) is 5.32 Å². The van der Waals surface area contributed by atoms with Gasteiger partial charge in [-0.15, -0.1) is 0 Å². The van der Waals surface area contributed by atoms with E-state index in [1.54, 1.807) is 24.3 Å². The first kappa shape index (κ1) is 16.2. The minimum absolute atomic E-state index is 0.355. The van der Waals surface area contributed by atoms with Crippen LogP contribution in [0.15, 0.2) is 29.2 Å². The molecule has 0 aliphatic carbocycles. The minimum atomic E-state index is -2.39. The number of thiocarbonyl (C=S) groups is 1. The van der Waals surface area contributed by atoms with Crippen LogP contribution in [-0.4, -0.2) is 16.9 Å². The smallest absolute Gasteiger partial charge is 0.288 e. The van der Waals surface area contributed by atoms with Gasteiger partial charge in [0.05, 0.1) is 0 Å². The second-order valence-corrected chi connectivity index (χ2v) is 5.49. The first-order chi connectivity index (χ1) is 9.05. The zero-order valence-corrected chi connectivity index (χ0v) is 12.6. The molecule has 0 aliphatic heterocycles. The van der Waals surface area contributed by atoms with Gasteiger partial charge < -0.3 is 10.6 Å². The molecule has 0 bridgehead atoms. The van der Waals surface area contributed by atoms with E-state index < -0.39 is 5.76 Å². The Hall–Kier alpha value is -0.880. The zero-order valence-electron chi connectivity index (χ0n) is 11.0. The fourth-order valence-electron chi connectivity index (χ4n) is 1.57. The summed E-state index contributed by atoms with van der Waals surface area (Å²) in [6.45, 7) is 4.19. The Morgan fingerprint density at radius 2 is 1.79 bits per heavy atom. The van der Waals surface area contributed by atoms with Gasteiger partial charge in [0.25, 0.3) is 5.76 Å². The lowest BCUT2D eigenvalue weighted by Crippen LogP contribution is -2.36. The van der Waals surface area contributed by atoms with Crippen molar-refractivity contribution in [2.24, 2.45) is 0 Å². The van der Waals surface area contributed by atoms with E-state index in [1.807, 2.05) is 0 Å². The average Bonchev–Trinajstić information content (AvgIpc) is 2.37. The lowest BCUT2D eigenvalue weighted by molar-refractivity contribution is 0.252. The van der Waals surface area contributed by atoms with Crippen LogP contribution in [0.25, 0.3) is 0 Å². The van der Waals surface area contributed by atoms with Crippen LogP contribution >= 0.6 is 24.0 Å². The SMILES string of the molecule is CCC(CC)NC(=S)Nc1ccc(SC(F)F)cc1. The Labute approximate surface area is 122 Å². The molecule has 2 N–H and O–H groups in total. The quantitative estimate of drug-likeness (QED) is 0.598. The summed E-state index contributed by atoms with van der Waals surface area (Å²) < 4.78 is 24.3. The van der Waals surface area contributed by atoms with Gasteiger partial charge in [0.15, 0.2) is 5.11 Å². The average molecular weight is 304 g/mol. The fourth-order valence-corrected chi connectivity index (χ4v) is 2.35. The second-order valence-electron chi connectivity index (χ2n) is 4.01. The van der Waals surface area contributed by atoms with Gasteiger partial charge in [-0.05, 0) is 49.3 Å². The van der Waals surface area contributed by atoms with E-state index in [1.165, 1.54) is 0 Å². The molecule has 106 valence electrons. The third-order valence-electron chi connectivity index (χ3n) is 2.66. The summed E-state index contributed by atoms with van der Waals surface area (Å²) in [5.74, 6) is -2.39. The molecule has 0 saturated carbocycles. The number of hydrogen-bond donors (Lipinski definition) is 2. The number of rotatable bonds is 6. The van der Waals surface area contributed by atoms with Crippen LogP contribution < -0.4 is 10.6 Å². The molecule has 0 unspecified atom stereocenters. The van der Waals surface area contributed by atoms with E-state index in [0.29, 0.717) is 27.8 Å². The predicted molar refractivity (Wildman–Crippen MR) is 82.0 cm³/mol. The van der Waals surface area contributed by atoms with Gasteiger partial charge in [0.2, 0.25) is 0 Å². The second kappa shape index (κ2) is 8.32. The monoisotopic (exact) mass is 304 g/mol. The van der Waals surface area contributed by atoms with Crippen LogP contribution in [-0.2, 0) is 0 Å². The topological polar surface area (TPSA) is 24.1 Å². The van der Waals surface area contributed by atoms with Crippen LogP contribution in [0.4, 0.5) is 14.5 Å². The third-order valence-corrected chi connectivity index (χ3v) is 3.60. The van der Waals surface area contributed by atoms with Gasteiger partial charge >= 0.3 is 0 Å². The highest BCUT2D eigenvalue weighted by atomic mass is 32.2. The van der Waals surface area contributed by atoms with Crippen LogP contribution in [0.3, 0.4) is 0 Å². The normalized spacial score (nSPS) is 10.8. The number of anilines is 1. The third kappa shape index (κ3) is 6.20. The number of halogens is 2. The van der Waals surface area contributed by atoms with Crippen LogP contribution in [0.1, 0.15) is 26.7 Å². The molecular formula is C13H18F2N2S2. The molecule has 0 aliphatic rings. The summed E-state index contributed by atoms with van der Waals surface area (Å²) in [5, 5.41) is 6.81. The molecule has 0 radical (unpaired) electrons. The molecule has 1 aromatic carbocycles. The Bertz CT molecular complexity index is 392. The highest BCUT2D eigenvalue weighted by Gasteiger charge is 2.07. The molecule has 6 heteroatoms. The molecule has 0 heterocycles. The van der Waals surface area contributed by atoms with Crippen LogP contribution in [0, 0.1) is 0 Å². The maximum Gasteiger partial charge on any atom is 0.288 e. The van der Waals surface area contributed by atoms with E-state index in [2.05, 4.69) is 24.5 Å². The Morgan fingerprint density at radius 1 is 1.21 bits per heavy atom. The molecule has 0 aromatic heterocycles. The van der Waals surface area contributed by atoms with Gasteiger partial charge in [-0.1, -0.05) is 25.6 Å². The maximum atomic E-state index is 12.2. The van der Waals surface area contributed by atoms with Gasteiger partial charge in [-0.25, -0.2) is 0 Å². The number of benzene rings is 1. The van der Waals surface area contributed by atoms with E-state index >= 15 is 0 Å². The van der Waals surface area contributed by atoms with E-state index in [9.17, 15) is 8.78 Å². The summed E-state index contributed by atoms with van der Waals surface area (Å²) >= 11 is 5.73. The molecule has 0 fully saturated rings. The summed E-state index contributed by atoms with van der Waals surface area (Å²) in [7, 11) is 0. The summed E-state index contributed by atoms with van der Waals surface area (Å²) in [4.78, 5) is 0.541. The van der Waals surface area contributed by atoms with Crippen molar-refractivity contribution in [2.45, 2.75) is 43.4 Å². The standard InChI is InChI=1S/C13H18F2N2S2/c1-3-9(4-2)16-13(18)17-10-5-7-11(8-6-10)19-12(14)15/h5-9,12H,3-4H2,1-2H3,(H2,16,17,18). The lowest BCUT2D eigenvalue weighted by Gasteiger charge is -2.17. The molecule has 0 saturated heterocycles. The van der Waals surface area contributed by atoms with Crippen molar-refractivity contribution >= 4 is 34.8 Å². The van der Waals surface area contributed by atoms with Crippen LogP contribution in [0.5, 0.6) is 0 Å². The highest BCUT2D eigenvalue weighted by molar-refractivity contribution is 7.99. The van der Waals surface area contributed by atoms with E-state index in [4.69, 9.17) is 12.2 Å². The minimum Gasteiger partial charge on any atom is -0.360 e. The van der Waals surface area contributed by atoms with Gasteiger partial charge in [-0.3, -0.25) is 0 Å².